The third-order valence-electron chi connectivity index (χ3n) is 1.93. The van der Waals surface area contributed by atoms with Crippen LogP contribution in [0.3, 0.4) is 0 Å². The second-order valence-electron chi connectivity index (χ2n) is 3.29. The lowest BCUT2D eigenvalue weighted by molar-refractivity contribution is -0.152. The van der Waals surface area contributed by atoms with Crippen LogP contribution >= 0.6 is 0 Å². The van der Waals surface area contributed by atoms with E-state index in [-0.39, 0.29) is 13.1 Å². The molecule has 0 spiro atoms. The molecule has 1 N–H and O–H groups in total. The fraction of sp³-hybridized carbons (Fsp3) is 0.857. The molecule has 5 heteroatoms. The Morgan fingerprint density at radius 1 is 1.67 bits per heavy atom. The molecule has 1 heterocycles. The second-order valence-corrected chi connectivity index (χ2v) is 3.29. The predicted molar refractivity (Wildman–Crippen MR) is 38.2 cm³/mol. The SMILES string of the molecule is CN1CC(C(=O)O)CC(F)(F)C1. The van der Waals surface area contributed by atoms with E-state index in [4.69, 9.17) is 5.11 Å². The molecule has 1 unspecified atom stereocenters. The van der Waals surface area contributed by atoms with E-state index in [1.165, 1.54) is 11.9 Å². The van der Waals surface area contributed by atoms with Crippen LogP contribution in [0.25, 0.3) is 0 Å². The zero-order chi connectivity index (χ0) is 9.35. The first-order chi connectivity index (χ1) is 5.41. The lowest BCUT2D eigenvalue weighted by Gasteiger charge is -2.33. The van der Waals surface area contributed by atoms with Crippen molar-refractivity contribution in [2.24, 2.45) is 5.92 Å². The fourth-order valence-electron chi connectivity index (χ4n) is 1.49. The number of hydrogen-bond acceptors (Lipinski definition) is 2. The van der Waals surface area contributed by atoms with Crippen molar-refractivity contribution in [3.63, 3.8) is 0 Å². The molecule has 1 rings (SSSR count). The quantitative estimate of drug-likeness (QED) is 0.642. The predicted octanol–water partition coefficient (Wildman–Crippen LogP) is 0.658. The summed E-state index contributed by atoms with van der Waals surface area (Å²) in [5.74, 6) is -4.92. The Morgan fingerprint density at radius 3 is 2.67 bits per heavy atom. The molecule has 12 heavy (non-hydrogen) atoms. The van der Waals surface area contributed by atoms with Gasteiger partial charge in [0.25, 0.3) is 5.92 Å². The summed E-state index contributed by atoms with van der Waals surface area (Å²) in [6, 6.07) is 0. The Morgan fingerprint density at radius 2 is 2.25 bits per heavy atom. The topological polar surface area (TPSA) is 40.5 Å². The number of likely N-dealkylation sites (tertiary alicyclic amines) is 1. The number of alkyl halides is 2. The van der Waals surface area contributed by atoms with E-state index in [0.717, 1.165) is 0 Å². The number of rotatable bonds is 1. The normalized spacial score (nSPS) is 30.1. The van der Waals surface area contributed by atoms with Crippen molar-refractivity contribution < 1.29 is 18.7 Å². The standard InChI is InChI=1S/C7H11F2NO2/c1-10-3-5(6(11)12)2-7(8,9)4-10/h5H,2-4H2,1H3,(H,11,12). The van der Waals surface area contributed by atoms with Crippen LogP contribution in [0.2, 0.25) is 0 Å². The first kappa shape index (κ1) is 9.38. The number of nitrogens with zero attached hydrogens (tertiary/aromatic N) is 1. The van der Waals surface area contributed by atoms with Gasteiger partial charge < -0.3 is 5.11 Å². The van der Waals surface area contributed by atoms with Gasteiger partial charge in [0.1, 0.15) is 0 Å². The molecule has 1 fully saturated rings. The number of hydrogen-bond donors (Lipinski definition) is 1. The van der Waals surface area contributed by atoms with Crippen LogP contribution in [-0.2, 0) is 4.79 Å². The Balaban J connectivity index is 2.64. The number of piperidine rings is 1. The van der Waals surface area contributed by atoms with E-state index in [1.54, 1.807) is 0 Å². The van der Waals surface area contributed by atoms with E-state index >= 15 is 0 Å². The summed E-state index contributed by atoms with van der Waals surface area (Å²) in [5, 5.41) is 8.53. The van der Waals surface area contributed by atoms with Crippen LogP contribution in [0.4, 0.5) is 8.78 Å². The van der Waals surface area contributed by atoms with Crippen LogP contribution < -0.4 is 0 Å². The zero-order valence-electron chi connectivity index (χ0n) is 6.76. The lowest BCUT2D eigenvalue weighted by Crippen LogP contribution is -2.47. The lowest BCUT2D eigenvalue weighted by atomic mass is 9.96. The molecule has 1 atom stereocenters. The second kappa shape index (κ2) is 2.97. The van der Waals surface area contributed by atoms with Crippen molar-refractivity contribution in [3.8, 4) is 0 Å². The molecule has 0 aromatic heterocycles. The Labute approximate surface area is 69.0 Å². The van der Waals surface area contributed by atoms with E-state index < -0.39 is 24.2 Å². The van der Waals surface area contributed by atoms with Crippen LogP contribution in [0, 0.1) is 5.92 Å². The third kappa shape index (κ3) is 2.14. The molecular weight excluding hydrogens is 168 g/mol. The van der Waals surface area contributed by atoms with Gasteiger partial charge in [-0.25, -0.2) is 8.78 Å². The van der Waals surface area contributed by atoms with Gasteiger partial charge in [0.2, 0.25) is 0 Å². The Hall–Kier alpha value is -0.710. The van der Waals surface area contributed by atoms with Crippen LogP contribution in [0.1, 0.15) is 6.42 Å². The van der Waals surface area contributed by atoms with Crippen LogP contribution in [0.15, 0.2) is 0 Å². The highest BCUT2D eigenvalue weighted by molar-refractivity contribution is 5.70. The summed E-state index contributed by atoms with van der Waals surface area (Å²) in [6.45, 7) is -0.123. The monoisotopic (exact) mass is 179 g/mol. The molecule has 0 radical (unpaired) electrons. The molecule has 0 bridgehead atoms. The third-order valence-corrected chi connectivity index (χ3v) is 1.93. The number of aliphatic carboxylic acids is 1. The Bertz CT molecular complexity index is 196. The summed E-state index contributed by atoms with van der Waals surface area (Å²) in [5.41, 5.74) is 0. The van der Waals surface area contributed by atoms with Crippen molar-refractivity contribution in [1.82, 2.24) is 4.90 Å². The van der Waals surface area contributed by atoms with Gasteiger partial charge in [0.05, 0.1) is 12.5 Å². The van der Waals surface area contributed by atoms with Crippen molar-refractivity contribution >= 4 is 5.97 Å². The van der Waals surface area contributed by atoms with Gasteiger partial charge in [-0.1, -0.05) is 0 Å². The number of carbonyl (C=O) groups is 1. The molecule has 0 saturated carbocycles. The minimum atomic E-state index is -2.85. The van der Waals surface area contributed by atoms with E-state index in [9.17, 15) is 13.6 Å². The molecular formula is C7H11F2NO2. The molecule has 1 aliphatic heterocycles. The van der Waals surface area contributed by atoms with Gasteiger partial charge in [-0.05, 0) is 7.05 Å². The van der Waals surface area contributed by atoms with Crippen molar-refractivity contribution in [2.75, 3.05) is 20.1 Å². The smallest absolute Gasteiger partial charge is 0.308 e. The average Bonchev–Trinajstić information content (AvgIpc) is 1.82. The van der Waals surface area contributed by atoms with Gasteiger partial charge in [-0.15, -0.1) is 0 Å². The summed E-state index contributed by atoms with van der Waals surface area (Å²) in [7, 11) is 1.50. The molecule has 0 aliphatic carbocycles. The van der Waals surface area contributed by atoms with Gasteiger partial charge in [-0.2, -0.15) is 0 Å². The summed E-state index contributed by atoms with van der Waals surface area (Å²) < 4.78 is 25.5. The summed E-state index contributed by atoms with van der Waals surface area (Å²) in [4.78, 5) is 11.8. The molecule has 1 aliphatic rings. The molecule has 70 valence electrons. The van der Waals surface area contributed by atoms with Crippen molar-refractivity contribution in [3.05, 3.63) is 0 Å². The molecule has 1 saturated heterocycles. The molecule has 3 nitrogen and oxygen atoms in total. The van der Waals surface area contributed by atoms with Crippen molar-refractivity contribution in [2.45, 2.75) is 12.3 Å². The largest absolute Gasteiger partial charge is 0.481 e. The molecule has 0 aromatic carbocycles. The number of carboxylic acid groups (broad SMARTS) is 1. The van der Waals surface area contributed by atoms with E-state index in [2.05, 4.69) is 0 Å². The van der Waals surface area contributed by atoms with Gasteiger partial charge in [0, 0.05) is 13.0 Å². The first-order valence-electron chi connectivity index (χ1n) is 3.70. The minimum absolute atomic E-state index is 0.213. The first-order valence-corrected chi connectivity index (χ1v) is 3.70. The van der Waals surface area contributed by atoms with Gasteiger partial charge >= 0.3 is 5.97 Å². The highest BCUT2D eigenvalue weighted by Crippen LogP contribution is 2.29. The summed E-state index contributed by atoms with van der Waals surface area (Å²) in [6.07, 6.45) is -0.535. The van der Waals surface area contributed by atoms with Crippen molar-refractivity contribution in [1.29, 1.82) is 0 Å². The highest BCUT2D eigenvalue weighted by Gasteiger charge is 2.41. The maximum atomic E-state index is 12.8. The van der Waals surface area contributed by atoms with E-state index in [0.29, 0.717) is 0 Å². The van der Waals surface area contributed by atoms with Crippen LogP contribution in [0.5, 0.6) is 0 Å². The van der Waals surface area contributed by atoms with Crippen LogP contribution in [-0.4, -0.2) is 42.0 Å². The number of carboxylic acids is 1. The molecule has 0 aromatic rings. The highest BCUT2D eigenvalue weighted by atomic mass is 19.3. The van der Waals surface area contributed by atoms with Gasteiger partial charge in [-0.3, -0.25) is 9.69 Å². The van der Waals surface area contributed by atoms with E-state index in [1.807, 2.05) is 0 Å². The average molecular weight is 179 g/mol. The maximum Gasteiger partial charge on any atom is 0.308 e. The maximum absolute atomic E-state index is 12.8. The summed E-state index contributed by atoms with van der Waals surface area (Å²) >= 11 is 0. The minimum Gasteiger partial charge on any atom is -0.481 e. The van der Waals surface area contributed by atoms with Gasteiger partial charge in [0.15, 0.2) is 0 Å². The Kier molecular flexibility index (Phi) is 2.32. The fourth-order valence-corrected chi connectivity index (χ4v) is 1.49. The zero-order valence-corrected chi connectivity index (χ0v) is 6.76. The molecule has 0 amide bonds. The number of halogens is 2.